The molecule has 1 N–H and O–H groups in total. The van der Waals surface area contributed by atoms with Crippen molar-refractivity contribution in [3.63, 3.8) is 0 Å². The predicted molar refractivity (Wildman–Crippen MR) is 83.1 cm³/mol. The summed E-state index contributed by atoms with van der Waals surface area (Å²) < 4.78 is 16.2. The van der Waals surface area contributed by atoms with E-state index in [1.54, 1.807) is 25.3 Å². The van der Waals surface area contributed by atoms with Gasteiger partial charge in [-0.1, -0.05) is 6.07 Å². The summed E-state index contributed by atoms with van der Waals surface area (Å²) in [6.07, 6.45) is 0. The van der Waals surface area contributed by atoms with Gasteiger partial charge in [0, 0.05) is 5.56 Å². The van der Waals surface area contributed by atoms with E-state index in [0.29, 0.717) is 41.7 Å². The zero-order chi connectivity index (χ0) is 15.5. The van der Waals surface area contributed by atoms with Gasteiger partial charge in [-0.3, -0.25) is 4.79 Å². The topological polar surface area (TPSA) is 56.8 Å². The van der Waals surface area contributed by atoms with Crippen LogP contribution in [-0.2, 0) is 0 Å². The van der Waals surface area contributed by atoms with Crippen LogP contribution in [0.2, 0.25) is 0 Å². The standard InChI is InChI=1S/C17H17NO4/c1-11-3-5-14(20-2)13(9-11)18-17(19)12-4-6-15-16(10-12)22-8-7-21-15/h3-6,9-10H,7-8H2,1-2H3,(H,18,19). The minimum Gasteiger partial charge on any atom is -0.495 e. The van der Waals surface area contributed by atoms with Crippen LogP contribution in [-0.4, -0.2) is 26.2 Å². The van der Waals surface area contributed by atoms with Gasteiger partial charge in [0.25, 0.3) is 5.91 Å². The van der Waals surface area contributed by atoms with E-state index in [0.717, 1.165) is 5.56 Å². The van der Waals surface area contributed by atoms with E-state index in [1.165, 1.54) is 0 Å². The van der Waals surface area contributed by atoms with Crippen LogP contribution in [0.3, 0.4) is 0 Å². The monoisotopic (exact) mass is 299 g/mol. The molecule has 5 heteroatoms. The van der Waals surface area contributed by atoms with E-state index in [-0.39, 0.29) is 5.91 Å². The molecular weight excluding hydrogens is 282 g/mol. The van der Waals surface area contributed by atoms with Gasteiger partial charge in [-0.25, -0.2) is 0 Å². The van der Waals surface area contributed by atoms with E-state index in [2.05, 4.69) is 5.32 Å². The second kappa shape index (κ2) is 5.97. The first kappa shape index (κ1) is 14.3. The van der Waals surface area contributed by atoms with E-state index in [1.807, 2.05) is 25.1 Å². The van der Waals surface area contributed by atoms with Gasteiger partial charge >= 0.3 is 0 Å². The van der Waals surface area contributed by atoms with Crippen molar-refractivity contribution in [2.45, 2.75) is 6.92 Å². The number of amides is 1. The third-order valence-electron chi connectivity index (χ3n) is 3.41. The number of fused-ring (bicyclic) bond motifs is 1. The summed E-state index contributed by atoms with van der Waals surface area (Å²) in [6.45, 7) is 2.97. The number of aryl methyl sites for hydroxylation is 1. The molecule has 0 saturated carbocycles. The van der Waals surface area contributed by atoms with Crippen molar-refractivity contribution < 1.29 is 19.0 Å². The Bertz CT molecular complexity index is 712. The molecule has 3 rings (SSSR count). The minimum absolute atomic E-state index is 0.221. The third kappa shape index (κ3) is 2.83. The number of benzene rings is 2. The molecule has 2 aromatic carbocycles. The van der Waals surface area contributed by atoms with Gasteiger partial charge in [-0.15, -0.1) is 0 Å². The van der Waals surface area contributed by atoms with Crippen LogP contribution < -0.4 is 19.5 Å². The van der Waals surface area contributed by atoms with E-state index in [4.69, 9.17) is 14.2 Å². The minimum atomic E-state index is -0.221. The fourth-order valence-corrected chi connectivity index (χ4v) is 2.30. The molecule has 114 valence electrons. The SMILES string of the molecule is COc1ccc(C)cc1NC(=O)c1ccc2c(c1)OCCO2. The Labute approximate surface area is 128 Å². The van der Waals surface area contributed by atoms with Gasteiger partial charge in [-0.05, 0) is 42.8 Å². The Morgan fingerprint density at radius 1 is 1.09 bits per heavy atom. The maximum Gasteiger partial charge on any atom is 0.255 e. The second-order valence-electron chi connectivity index (χ2n) is 5.02. The largest absolute Gasteiger partial charge is 0.495 e. The average Bonchev–Trinajstić information content (AvgIpc) is 2.54. The molecule has 5 nitrogen and oxygen atoms in total. The molecule has 1 amide bonds. The molecule has 0 fully saturated rings. The molecule has 0 saturated heterocycles. The van der Waals surface area contributed by atoms with Crippen LogP contribution in [0.5, 0.6) is 17.2 Å². The van der Waals surface area contributed by atoms with E-state index in [9.17, 15) is 4.79 Å². The fourth-order valence-electron chi connectivity index (χ4n) is 2.30. The summed E-state index contributed by atoms with van der Waals surface area (Å²) in [4.78, 5) is 12.4. The lowest BCUT2D eigenvalue weighted by Gasteiger charge is -2.19. The summed E-state index contributed by atoms with van der Waals surface area (Å²) in [5.74, 6) is 1.66. The first-order valence-electron chi connectivity index (χ1n) is 7.03. The van der Waals surface area contributed by atoms with Gasteiger partial charge in [0.2, 0.25) is 0 Å². The van der Waals surface area contributed by atoms with Gasteiger partial charge in [0.05, 0.1) is 12.8 Å². The number of ether oxygens (including phenoxy) is 3. The first-order valence-corrected chi connectivity index (χ1v) is 7.03. The van der Waals surface area contributed by atoms with Crippen LogP contribution in [0.15, 0.2) is 36.4 Å². The first-order chi connectivity index (χ1) is 10.7. The number of carbonyl (C=O) groups excluding carboxylic acids is 1. The molecular formula is C17H17NO4. The molecule has 0 spiro atoms. The summed E-state index contributed by atoms with van der Waals surface area (Å²) in [6, 6.07) is 10.8. The zero-order valence-electron chi connectivity index (χ0n) is 12.5. The fraction of sp³-hybridized carbons (Fsp3) is 0.235. The highest BCUT2D eigenvalue weighted by atomic mass is 16.6. The molecule has 1 aliphatic rings. The molecule has 2 aromatic rings. The normalized spacial score (nSPS) is 12.6. The van der Waals surface area contributed by atoms with Crippen molar-refractivity contribution in [3.05, 3.63) is 47.5 Å². The van der Waals surface area contributed by atoms with Crippen molar-refractivity contribution in [2.75, 3.05) is 25.6 Å². The summed E-state index contributed by atoms with van der Waals surface area (Å²) in [7, 11) is 1.57. The number of anilines is 1. The number of rotatable bonds is 3. The van der Waals surface area contributed by atoms with Crippen LogP contribution in [0.1, 0.15) is 15.9 Å². The maximum absolute atomic E-state index is 12.4. The lowest BCUT2D eigenvalue weighted by Crippen LogP contribution is -2.17. The molecule has 0 aromatic heterocycles. The lowest BCUT2D eigenvalue weighted by molar-refractivity contribution is 0.102. The van der Waals surface area contributed by atoms with Crippen LogP contribution in [0.4, 0.5) is 5.69 Å². The van der Waals surface area contributed by atoms with Crippen molar-refractivity contribution in [3.8, 4) is 17.2 Å². The number of methoxy groups -OCH3 is 1. The second-order valence-corrected chi connectivity index (χ2v) is 5.02. The lowest BCUT2D eigenvalue weighted by atomic mass is 10.1. The van der Waals surface area contributed by atoms with E-state index < -0.39 is 0 Å². The number of nitrogens with one attached hydrogen (secondary N) is 1. The Morgan fingerprint density at radius 3 is 2.64 bits per heavy atom. The number of carbonyl (C=O) groups is 1. The average molecular weight is 299 g/mol. The summed E-state index contributed by atoms with van der Waals surface area (Å²) >= 11 is 0. The third-order valence-corrected chi connectivity index (χ3v) is 3.41. The molecule has 0 aliphatic carbocycles. The molecule has 0 unspecified atom stereocenters. The molecule has 22 heavy (non-hydrogen) atoms. The van der Waals surface area contributed by atoms with Crippen LogP contribution in [0.25, 0.3) is 0 Å². The number of hydrogen-bond donors (Lipinski definition) is 1. The van der Waals surface area contributed by atoms with Gasteiger partial charge in [0.15, 0.2) is 11.5 Å². The van der Waals surface area contributed by atoms with Gasteiger partial charge in [0.1, 0.15) is 19.0 Å². The van der Waals surface area contributed by atoms with Crippen LogP contribution in [0, 0.1) is 6.92 Å². The summed E-state index contributed by atoms with van der Waals surface area (Å²) in [5.41, 5.74) is 2.19. The smallest absolute Gasteiger partial charge is 0.255 e. The van der Waals surface area contributed by atoms with Crippen molar-refractivity contribution in [1.29, 1.82) is 0 Å². The van der Waals surface area contributed by atoms with Crippen molar-refractivity contribution >= 4 is 11.6 Å². The zero-order valence-corrected chi connectivity index (χ0v) is 12.5. The summed E-state index contributed by atoms with van der Waals surface area (Å²) in [5, 5.41) is 2.87. The van der Waals surface area contributed by atoms with Crippen molar-refractivity contribution in [2.24, 2.45) is 0 Å². The quantitative estimate of drug-likeness (QED) is 0.946. The van der Waals surface area contributed by atoms with Gasteiger partial charge < -0.3 is 19.5 Å². The highest BCUT2D eigenvalue weighted by molar-refractivity contribution is 6.05. The van der Waals surface area contributed by atoms with Crippen LogP contribution >= 0.6 is 0 Å². The van der Waals surface area contributed by atoms with Gasteiger partial charge in [-0.2, -0.15) is 0 Å². The molecule has 0 bridgehead atoms. The Hall–Kier alpha value is -2.69. The van der Waals surface area contributed by atoms with E-state index >= 15 is 0 Å². The number of hydrogen-bond acceptors (Lipinski definition) is 4. The molecule has 1 heterocycles. The maximum atomic E-state index is 12.4. The Kier molecular flexibility index (Phi) is 3.87. The molecule has 0 radical (unpaired) electrons. The van der Waals surface area contributed by atoms with Crippen molar-refractivity contribution in [1.82, 2.24) is 0 Å². The Morgan fingerprint density at radius 2 is 1.86 bits per heavy atom. The molecule has 0 atom stereocenters. The highest BCUT2D eigenvalue weighted by Crippen LogP contribution is 2.31. The Balaban J connectivity index is 1.84. The molecule has 1 aliphatic heterocycles. The predicted octanol–water partition coefficient (Wildman–Crippen LogP) is 3.03. The highest BCUT2D eigenvalue weighted by Gasteiger charge is 2.16.